The molecule has 0 aliphatic heterocycles. The van der Waals surface area contributed by atoms with Gasteiger partial charge in [-0.15, -0.1) is 4.72 Å². The van der Waals surface area contributed by atoms with E-state index in [9.17, 15) is 9.35 Å². The van der Waals surface area contributed by atoms with Crippen molar-refractivity contribution in [2.75, 3.05) is 0 Å². The SMILES string of the molecule is Cc1cc(Br)ccc1[S+]([O-])NC(C)(C)C(=O)OC(C)(C)C. The second kappa shape index (κ2) is 6.69. The van der Waals surface area contributed by atoms with Crippen molar-refractivity contribution < 1.29 is 14.1 Å². The molecular formula is C15H22BrNO3S. The number of aryl methyl sites for hydroxylation is 1. The van der Waals surface area contributed by atoms with Gasteiger partial charge in [0.05, 0.1) is 11.4 Å². The van der Waals surface area contributed by atoms with Crippen LogP contribution in [0.1, 0.15) is 40.2 Å². The quantitative estimate of drug-likeness (QED) is 0.646. The highest BCUT2D eigenvalue weighted by molar-refractivity contribution is 9.10. The Morgan fingerprint density at radius 1 is 1.29 bits per heavy atom. The molecule has 0 saturated heterocycles. The van der Waals surface area contributed by atoms with Gasteiger partial charge < -0.3 is 9.29 Å². The molecule has 0 spiro atoms. The van der Waals surface area contributed by atoms with Gasteiger partial charge in [-0.2, -0.15) is 0 Å². The van der Waals surface area contributed by atoms with Gasteiger partial charge in [0.1, 0.15) is 5.60 Å². The molecule has 21 heavy (non-hydrogen) atoms. The Morgan fingerprint density at radius 3 is 2.33 bits per heavy atom. The molecule has 4 nitrogen and oxygen atoms in total. The standard InChI is InChI=1S/C15H22BrNO3S/c1-10-9-11(16)7-8-12(10)21(19)17-15(5,6)13(18)20-14(2,3)4/h7-9,17H,1-6H3. The number of nitrogens with one attached hydrogen (secondary N) is 1. The Morgan fingerprint density at radius 2 is 1.86 bits per heavy atom. The largest absolute Gasteiger partial charge is 0.593 e. The number of esters is 1. The maximum Gasteiger partial charge on any atom is 0.330 e. The van der Waals surface area contributed by atoms with E-state index in [2.05, 4.69) is 20.7 Å². The predicted molar refractivity (Wildman–Crippen MR) is 88.3 cm³/mol. The topological polar surface area (TPSA) is 61.4 Å². The van der Waals surface area contributed by atoms with Crippen LogP contribution < -0.4 is 4.72 Å². The van der Waals surface area contributed by atoms with Gasteiger partial charge in [-0.25, -0.2) is 4.79 Å². The van der Waals surface area contributed by atoms with Crippen molar-refractivity contribution in [2.24, 2.45) is 0 Å². The molecule has 1 aromatic rings. The molecule has 1 unspecified atom stereocenters. The van der Waals surface area contributed by atoms with Crippen molar-refractivity contribution in [1.29, 1.82) is 0 Å². The van der Waals surface area contributed by atoms with E-state index in [0.29, 0.717) is 4.90 Å². The zero-order valence-corrected chi connectivity index (χ0v) is 15.6. The number of hydrogen-bond acceptors (Lipinski definition) is 4. The fraction of sp³-hybridized carbons (Fsp3) is 0.533. The lowest BCUT2D eigenvalue weighted by molar-refractivity contribution is -0.160. The first-order valence-corrected chi connectivity index (χ1v) is 8.56. The number of benzene rings is 1. The van der Waals surface area contributed by atoms with E-state index in [1.165, 1.54) is 0 Å². The van der Waals surface area contributed by atoms with E-state index >= 15 is 0 Å². The Balaban J connectivity index is 2.85. The van der Waals surface area contributed by atoms with Crippen LogP contribution in [0.4, 0.5) is 0 Å². The van der Waals surface area contributed by atoms with Crippen molar-refractivity contribution in [1.82, 2.24) is 4.72 Å². The Kier molecular flexibility index (Phi) is 5.89. The molecule has 0 aliphatic rings. The van der Waals surface area contributed by atoms with Gasteiger partial charge in [0.2, 0.25) is 0 Å². The molecule has 0 radical (unpaired) electrons. The van der Waals surface area contributed by atoms with Crippen molar-refractivity contribution in [3.63, 3.8) is 0 Å². The number of ether oxygens (including phenoxy) is 1. The molecule has 0 saturated carbocycles. The minimum Gasteiger partial charge on any atom is -0.593 e. The maximum atomic E-state index is 12.4. The highest BCUT2D eigenvalue weighted by atomic mass is 79.9. The summed E-state index contributed by atoms with van der Waals surface area (Å²) in [5.41, 5.74) is -0.738. The van der Waals surface area contributed by atoms with E-state index in [1.54, 1.807) is 40.7 Å². The fourth-order valence-electron chi connectivity index (χ4n) is 1.55. The molecule has 1 atom stereocenters. The first kappa shape index (κ1) is 18.5. The van der Waals surface area contributed by atoms with Gasteiger partial charge in [0, 0.05) is 10.0 Å². The molecule has 1 N–H and O–H groups in total. The Labute approximate surface area is 138 Å². The van der Waals surface area contributed by atoms with Crippen LogP contribution in [0, 0.1) is 6.92 Å². The molecule has 0 aromatic heterocycles. The second-order valence-electron chi connectivity index (χ2n) is 6.41. The Hall–Kier alpha value is -0.560. The van der Waals surface area contributed by atoms with Crippen LogP contribution in [0.3, 0.4) is 0 Å². The Bertz CT molecular complexity index is 526. The third kappa shape index (κ3) is 5.62. The van der Waals surface area contributed by atoms with Gasteiger partial charge >= 0.3 is 5.97 Å². The average molecular weight is 376 g/mol. The third-order valence-electron chi connectivity index (χ3n) is 2.59. The average Bonchev–Trinajstić information content (AvgIpc) is 2.25. The molecule has 1 aromatic carbocycles. The van der Waals surface area contributed by atoms with E-state index in [4.69, 9.17) is 4.74 Å². The van der Waals surface area contributed by atoms with Gasteiger partial charge in [-0.3, -0.25) is 0 Å². The summed E-state index contributed by atoms with van der Waals surface area (Å²) in [5.74, 6) is -0.432. The lowest BCUT2D eigenvalue weighted by Crippen LogP contribution is -2.52. The van der Waals surface area contributed by atoms with Crippen molar-refractivity contribution >= 4 is 33.3 Å². The summed E-state index contributed by atoms with van der Waals surface area (Å²) in [6.07, 6.45) is 0. The van der Waals surface area contributed by atoms with Gasteiger partial charge in [-0.05, 0) is 59.7 Å². The molecule has 0 bridgehead atoms. The van der Waals surface area contributed by atoms with Crippen molar-refractivity contribution in [3.05, 3.63) is 28.2 Å². The molecule has 1 rings (SSSR count). The van der Waals surface area contributed by atoms with Crippen LogP contribution in [0.2, 0.25) is 0 Å². The minimum atomic E-state index is -1.49. The minimum absolute atomic E-state index is 0.432. The van der Waals surface area contributed by atoms with E-state index < -0.39 is 28.5 Å². The summed E-state index contributed by atoms with van der Waals surface area (Å²) in [6.45, 7) is 10.6. The monoisotopic (exact) mass is 375 g/mol. The van der Waals surface area contributed by atoms with Crippen LogP contribution in [0.15, 0.2) is 27.6 Å². The lowest BCUT2D eigenvalue weighted by atomic mass is 10.1. The number of rotatable bonds is 4. The van der Waals surface area contributed by atoms with Crippen LogP contribution in [-0.2, 0) is 20.9 Å². The number of carbonyl (C=O) groups is 1. The predicted octanol–water partition coefficient (Wildman–Crippen LogP) is 3.49. The summed E-state index contributed by atoms with van der Waals surface area (Å²) in [7, 11) is 0. The zero-order valence-electron chi connectivity index (χ0n) is 13.2. The van der Waals surface area contributed by atoms with Gasteiger partial charge in [-0.1, -0.05) is 15.9 Å². The first-order chi connectivity index (χ1) is 9.42. The second-order valence-corrected chi connectivity index (χ2v) is 8.50. The van der Waals surface area contributed by atoms with Gasteiger partial charge in [0.15, 0.2) is 10.4 Å². The molecule has 0 fully saturated rings. The summed E-state index contributed by atoms with van der Waals surface area (Å²) in [6, 6.07) is 5.48. The summed E-state index contributed by atoms with van der Waals surface area (Å²) < 4.78 is 21.5. The molecule has 6 heteroatoms. The van der Waals surface area contributed by atoms with Crippen molar-refractivity contribution in [3.8, 4) is 0 Å². The van der Waals surface area contributed by atoms with E-state index in [-0.39, 0.29) is 0 Å². The van der Waals surface area contributed by atoms with E-state index in [1.807, 2.05) is 19.1 Å². The molecule has 0 heterocycles. The number of carbonyl (C=O) groups excluding carboxylic acids is 1. The molecule has 118 valence electrons. The first-order valence-electron chi connectivity index (χ1n) is 6.61. The van der Waals surface area contributed by atoms with Crippen LogP contribution >= 0.6 is 15.9 Å². The molecule has 0 aliphatic carbocycles. The van der Waals surface area contributed by atoms with Crippen LogP contribution in [-0.4, -0.2) is 21.7 Å². The summed E-state index contributed by atoms with van der Waals surface area (Å²) >= 11 is 1.88. The normalized spacial score (nSPS) is 13.9. The van der Waals surface area contributed by atoms with E-state index in [0.717, 1.165) is 10.0 Å². The number of halogens is 1. The third-order valence-corrected chi connectivity index (χ3v) is 4.64. The van der Waals surface area contributed by atoms with Crippen LogP contribution in [0.5, 0.6) is 0 Å². The number of hydrogen-bond donors (Lipinski definition) is 1. The lowest BCUT2D eigenvalue weighted by Gasteiger charge is -2.29. The maximum absolute atomic E-state index is 12.4. The zero-order chi connectivity index (χ0) is 16.4. The summed E-state index contributed by atoms with van der Waals surface area (Å²) in [5, 5.41) is 0. The van der Waals surface area contributed by atoms with Crippen molar-refractivity contribution in [2.45, 2.75) is 57.6 Å². The van der Waals surface area contributed by atoms with Gasteiger partial charge in [0.25, 0.3) is 0 Å². The molecular weight excluding hydrogens is 354 g/mol. The highest BCUT2D eigenvalue weighted by Crippen LogP contribution is 2.22. The summed E-state index contributed by atoms with van der Waals surface area (Å²) in [4.78, 5) is 12.8. The smallest absolute Gasteiger partial charge is 0.330 e. The van der Waals surface area contributed by atoms with Crippen LogP contribution in [0.25, 0.3) is 0 Å². The molecule has 0 amide bonds. The highest BCUT2D eigenvalue weighted by Gasteiger charge is 2.37. The fourth-order valence-corrected chi connectivity index (χ4v) is 3.23.